The Balaban J connectivity index is 2.66. The van der Waals surface area contributed by atoms with E-state index in [0.717, 1.165) is 0 Å². The van der Waals surface area contributed by atoms with Gasteiger partial charge < -0.3 is 37.2 Å². The molecule has 12 heteroatoms. The minimum atomic E-state index is -1.25. The van der Waals surface area contributed by atoms with Crippen molar-refractivity contribution in [2.24, 2.45) is 11.5 Å². The van der Waals surface area contributed by atoms with Crippen LogP contribution in [-0.2, 0) is 24.0 Å². The third-order valence-corrected chi connectivity index (χ3v) is 4.12. The van der Waals surface area contributed by atoms with Crippen LogP contribution in [0.5, 0.6) is 0 Å². The zero-order valence-electron chi connectivity index (χ0n) is 14.7. The van der Waals surface area contributed by atoms with Gasteiger partial charge in [0.25, 0.3) is 0 Å². The molecule has 0 aromatic carbocycles. The van der Waals surface area contributed by atoms with Gasteiger partial charge in [0.05, 0.1) is 13.2 Å². The van der Waals surface area contributed by atoms with Gasteiger partial charge in [0.2, 0.25) is 23.6 Å². The summed E-state index contributed by atoms with van der Waals surface area (Å²) in [6.07, 6.45) is 0.562. The Morgan fingerprint density at radius 1 is 1.19 bits per heavy atom. The molecule has 1 heterocycles. The summed E-state index contributed by atoms with van der Waals surface area (Å²) in [6.45, 7) is -0.823. The Labute approximate surface area is 155 Å². The topological polar surface area (TPSA) is 205 Å². The van der Waals surface area contributed by atoms with Crippen LogP contribution < -0.4 is 22.1 Å². The van der Waals surface area contributed by atoms with Crippen molar-refractivity contribution in [3.8, 4) is 0 Å². The minimum Gasteiger partial charge on any atom is -0.480 e. The monoisotopic (exact) mass is 387 g/mol. The maximum atomic E-state index is 12.3. The lowest BCUT2D eigenvalue weighted by Crippen LogP contribution is -2.54. The lowest BCUT2D eigenvalue weighted by atomic mass is 10.1. The second-order valence-corrected chi connectivity index (χ2v) is 6.16. The van der Waals surface area contributed by atoms with Crippen molar-refractivity contribution in [3.63, 3.8) is 0 Å². The molecule has 1 aliphatic heterocycles. The molecule has 12 nitrogen and oxygen atoms in total. The number of hydrogen-bond acceptors (Lipinski definition) is 7. The Morgan fingerprint density at radius 2 is 1.85 bits per heavy atom. The number of carbonyl (C=O) groups is 5. The van der Waals surface area contributed by atoms with E-state index in [1.54, 1.807) is 0 Å². The molecule has 0 radical (unpaired) electrons. The number of nitrogens with one attached hydrogen (secondary N) is 2. The van der Waals surface area contributed by atoms with E-state index in [1.807, 2.05) is 0 Å². The predicted molar refractivity (Wildman–Crippen MR) is 90.8 cm³/mol. The van der Waals surface area contributed by atoms with Crippen molar-refractivity contribution in [1.82, 2.24) is 15.5 Å². The lowest BCUT2D eigenvalue weighted by molar-refractivity contribution is -0.148. The van der Waals surface area contributed by atoms with Crippen molar-refractivity contribution in [1.29, 1.82) is 0 Å². The van der Waals surface area contributed by atoms with Gasteiger partial charge in [-0.2, -0.15) is 0 Å². The minimum absolute atomic E-state index is 0.124. The zero-order valence-corrected chi connectivity index (χ0v) is 14.7. The quantitative estimate of drug-likeness (QED) is 0.219. The summed E-state index contributed by atoms with van der Waals surface area (Å²) < 4.78 is 0. The molecule has 4 amide bonds. The van der Waals surface area contributed by atoms with Gasteiger partial charge in [0.15, 0.2) is 0 Å². The number of carboxylic acid groups (broad SMARTS) is 1. The van der Waals surface area contributed by atoms with Crippen LogP contribution in [0, 0.1) is 0 Å². The molecule has 0 bridgehead atoms. The predicted octanol–water partition coefficient (Wildman–Crippen LogP) is -3.75. The summed E-state index contributed by atoms with van der Waals surface area (Å²) in [5, 5.41) is 22.6. The fourth-order valence-electron chi connectivity index (χ4n) is 2.63. The zero-order chi connectivity index (χ0) is 20.6. The Hall–Kier alpha value is -2.73. The SMILES string of the molecule is NC(=O)CCC(NC(=O)C(N)CO)C(=O)NCC(=O)N1CCCC1C(=O)O. The van der Waals surface area contributed by atoms with E-state index in [-0.39, 0.29) is 19.4 Å². The van der Waals surface area contributed by atoms with Crippen molar-refractivity contribution in [2.75, 3.05) is 19.7 Å². The van der Waals surface area contributed by atoms with Crippen LogP contribution >= 0.6 is 0 Å². The van der Waals surface area contributed by atoms with Crippen LogP contribution in [0.15, 0.2) is 0 Å². The largest absolute Gasteiger partial charge is 0.480 e. The molecule has 152 valence electrons. The summed E-state index contributed by atoms with van der Waals surface area (Å²) in [4.78, 5) is 59.4. The van der Waals surface area contributed by atoms with Crippen LogP contribution in [0.25, 0.3) is 0 Å². The van der Waals surface area contributed by atoms with Crippen LogP contribution in [0.2, 0.25) is 0 Å². The Kier molecular flexibility index (Phi) is 8.62. The summed E-state index contributed by atoms with van der Waals surface area (Å²) in [5.74, 6) is -3.93. The lowest BCUT2D eigenvalue weighted by Gasteiger charge is -2.23. The van der Waals surface area contributed by atoms with Gasteiger partial charge in [-0.25, -0.2) is 4.79 Å². The van der Waals surface area contributed by atoms with E-state index in [0.29, 0.717) is 12.8 Å². The number of nitrogens with zero attached hydrogens (tertiary/aromatic N) is 1. The highest BCUT2D eigenvalue weighted by Crippen LogP contribution is 2.17. The Bertz CT molecular complexity index is 597. The third kappa shape index (κ3) is 6.83. The first-order valence-electron chi connectivity index (χ1n) is 8.42. The fraction of sp³-hybridized carbons (Fsp3) is 0.667. The summed E-state index contributed by atoms with van der Waals surface area (Å²) >= 11 is 0. The molecule has 27 heavy (non-hydrogen) atoms. The first-order valence-corrected chi connectivity index (χ1v) is 8.42. The first-order chi connectivity index (χ1) is 12.7. The molecule has 1 saturated heterocycles. The van der Waals surface area contributed by atoms with Crippen molar-refractivity contribution in [2.45, 2.75) is 43.8 Å². The number of aliphatic hydroxyl groups excluding tert-OH is 1. The van der Waals surface area contributed by atoms with E-state index in [2.05, 4.69) is 10.6 Å². The average molecular weight is 387 g/mol. The molecule has 0 aliphatic carbocycles. The number of primary amides is 1. The molecule has 0 saturated carbocycles. The number of aliphatic hydroxyl groups is 1. The average Bonchev–Trinajstić information content (AvgIpc) is 3.11. The van der Waals surface area contributed by atoms with Gasteiger partial charge in [0.1, 0.15) is 18.1 Å². The second kappa shape index (κ2) is 10.4. The van der Waals surface area contributed by atoms with Gasteiger partial charge in [-0.3, -0.25) is 19.2 Å². The van der Waals surface area contributed by atoms with Crippen molar-refractivity contribution in [3.05, 3.63) is 0 Å². The van der Waals surface area contributed by atoms with Crippen LogP contribution in [0.3, 0.4) is 0 Å². The molecule has 1 fully saturated rings. The number of carboxylic acids is 1. The highest BCUT2D eigenvalue weighted by molar-refractivity contribution is 5.93. The van der Waals surface area contributed by atoms with Gasteiger partial charge in [-0.15, -0.1) is 0 Å². The van der Waals surface area contributed by atoms with Gasteiger partial charge in [-0.05, 0) is 19.3 Å². The van der Waals surface area contributed by atoms with Crippen LogP contribution in [0.1, 0.15) is 25.7 Å². The van der Waals surface area contributed by atoms with E-state index in [1.165, 1.54) is 4.90 Å². The van der Waals surface area contributed by atoms with Crippen molar-refractivity contribution >= 4 is 29.6 Å². The normalized spacial score (nSPS) is 18.4. The number of hydrogen-bond donors (Lipinski definition) is 6. The number of rotatable bonds is 10. The number of likely N-dealkylation sites (tertiary alicyclic amines) is 1. The molecule has 8 N–H and O–H groups in total. The van der Waals surface area contributed by atoms with E-state index in [4.69, 9.17) is 21.7 Å². The smallest absolute Gasteiger partial charge is 0.326 e. The standard InChI is InChI=1S/C15H25N5O7/c16-8(7-21)13(24)19-9(3-4-11(17)22)14(25)18-6-12(23)20-5-1-2-10(20)15(26)27/h8-10,21H,1-7,16H2,(H2,17,22)(H,18,25)(H,19,24)(H,26,27). The van der Waals surface area contributed by atoms with Gasteiger partial charge >= 0.3 is 5.97 Å². The van der Waals surface area contributed by atoms with Crippen LogP contribution in [0.4, 0.5) is 0 Å². The maximum absolute atomic E-state index is 12.3. The second-order valence-electron chi connectivity index (χ2n) is 6.16. The number of carbonyl (C=O) groups excluding carboxylic acids is 4. The summed E-state index contributed by atoms with van der Waals surface area (Å²) in [5.41, 5.74) is 10.4. The van der Waals surface area contributed by atoms with E-state index in [9.17, 15) is 24.0 Å². The molecule has 0 aromatic heterocycles. The van der Waals surface area contributed by atoms with Gasteiger partial charge in [-0.1, -0.05) is 0 Å². The molecule has 1 aliphatic rings. The first kappa shape index (κ1) is 22.3. The number of amides is 4. The number of nitrogens with two attached hydrogens (primary N) is 2. The maximum Gasteiger partial charge on any atom is 0.326 e. The molecule has 0 spiro atoms. The summed E-state index contributed by atoms with van der Waals surface area (Å²) in [6, 6.07) is -3.37. The highest BCUT2D eigenvalue weighted by atomic mass is 16.4. The molecular formula is C15H25N5O7. The van der Waals surface area contributed by atoms with Crippen molar-refractivity contribution < 1.29 is 34.2 Å². The number of aliphatic carboxylic acids is 1. The third-order valence-electron chi connectivity index (χ3n) is 4.12. The molecular weight excluding hydrogens is 362 g/mol. The molecule has 3 atom stereocenters. The fourth-order valence-corrected chi connectivity index (χ4v) is 2.63. The molecule has 0 aromatic rings. The summed E-state index contributed by atoms with van der Waals surface area (Å²) in [7, 11) is 0. The molecule has 3 unspecified atom stereocenters. The Morgan fingerprint density at radius 3 is 2.41 bits per heavy atom. The van der Waals surface area contributed by atoms with E-state index < -0.39 is 60.9 Å². The van der Waals surface area contributed by atoms with E-state index >= 15 is 0 Å². The van der Waals surface area contributed by atoms with Crippen LogP contribution in [-0.4, -0.2) is 82.5 Å². The van der Waals surface area contributed by atoms with Gasteiger partial charge in [0, 0.05) is 13.0 Å². The highest BCUT2D eigenvalue weighted by Gasteiger charge is 2.34. The molecule has 1 rings (SSSR count).